The molecule has 0 atom stereocenters. The molecule has 3 heterocycles. The predicted molar refractivity (Wildman–Crippen MR) is 95.5 cm³/mol. The summed E-state index contributed by atoms with van der Waals surface area (Å²) in [6.45, 7) is 5.29. The molecule has 24 heavy (non-hydrogen) atoms. The van der Waals surface area contributed by atoms with E-state index in [1.54, 1.807) is 6.92 Å². The lowest BCUT2D eigenvalue weighted by Gasteiger charge is -2.46. The van der Waals surface area contributed by atoms with E-state index in [-0.39, 0.29) is 5.91 Å². The fourth-order valence-electron chi connectivity index (χ4n) is 3.83. The number of anilines is 1. The Morgan fingerprint density at radius 1 is 1.21 bits per heavy atom. The highest BCUT2D eigenvalue weighted by Crippen LogP contribution is 2.40. The van der Waals surface area contributed by atoms with Crippen LogP contribution in [0.3, 0.4) is 0 Å². The molecule has 0 aromatic carbocycles. The second-order valence-corrected chi connectivity index (χ2v) is 7.52. The molecule has 0 spiro atoms. The summed E-state index contributed by atoms with van der Waals surface area (Å²) in [5, 5.41) is 0.899. The second kappa shape index (κ2) is 6.00. The van der Waals surface area contributed by atoms with Crippen LogP contribution in [0.15, 0.2) is 17.0 Å². The van der Waals surface area contributed by atoms with Crippen molar-refractivity contribution in [2.75, 3.05) is 31.9 Å². The highest BCUT2D eigenvalue weighted by atomic mass is 79.9. The summed E-state index contributed by atoms with van der Waals surface area (Å²) < 4.78 is 3.17. The quantitative estimate of drug-likeness (QED) is 0.839. The van der Waals surface area contributed by atoms with Crippen LogP contribution in [0.2, 0.25) is 0 Å². The number of nitrogens with zero attached hydrogens (tertiary/aromatic N) is 5. The van der Waals surface area contributed by atoms with Crippen molar-refractivity contribution in [1.29, 1.82) is 0 Å². The first-order chi connectivity index (χ1) is 11.5. The molecular formula is C16H21BrN6O. The van der Waals surface area contributed by atoms with Gasteiger partial charge in [-0.15, -0.1) is 0 Å². The van der Waals surface area contributed by atoms with Crippen LogP contribution in [0.1, 0.15) is 25.8 Å². The van der Waals surface area contributed by atoms with E-state index in [1.807, 2.05) is 4.90 Å². The molecule has 2 aliphatic rings. The van der Waals surface area contributed by atoms with Gasteiger partial charge in [-0.3, -0.25) is 9.69 Å². The van der Waals surface area contributed by atoms with Gasteiger partial charge in [0.25, 0.3) is 0 Å². The minimum absolute atomic E-state index is 0.182. The topological polar surface area (TPSA) is 80.3 Å². The summed E-state index contributed by atoms with van der Waals surface area (Å²) in [5.41, 5.74) is 6.88. The molecule has 0 radical (unpaired) electrons. The summed E-state index contributed by atoms with van der Waals surface area (Å²) >= 11 is 3.57. The zero-order valence-corrected chi connectivity index (χ0v) is 15.2. The van der Waals surface area contributed by atoms with E-state index in [9.17, 15) is 4.79 Å². The van der Waals surface area contributed by atoms with Crippen LogP contribution in [0.4, 0.5) is 5.82 Å². The van der Waals surface area contributed by atoms with Gasteiger partial charge < -0.3 is 15.2 Å². The molecule has 2 aromatic rings. The van der Waals surface area contributed by atoms with Crippen molar-refractivity contribution in [2.45, 2.75) is 31.8 Å². The van der Waals surface area contributed by atoms with Crippen molar-refractivity contribution in [2.24, 2.45) is 0 Å². The summed E-state index contributed by atoms with van der Waals surface area (Å²) in [5.74, 6) is 0.698. The largest absolute Gasteiger partial charge is 0.383 e. The third-order valence-corrected chi connectivity index (χ3v) is 5.95. The van der Waals surface area contributed by atoms with Crippen molar-refractivity contribution in [3.8, 4) is 0 Å². The first-order valence-corrected chi connectivity index (χ1v) is 9.10. The lowest BCUT2D eigenvalue weighted by Crippen LogP contribution is -2.54. The zero-order valence-electron chi connectivity index (χ0n) is 13.7. The van der Waals surface area contributed by atoms with E-state index in [4.69, 9.17) is 5.73 Å². The van der Waals surface area contributed by atoms with E-state index in [1.165, 1.54) is 6.33 Å². The van der Waals surface area contributed by atoms with Crippen LogP contribution < -0.4 is 5.73 Å². The van der Waals surface area contributed by atoms with E-state index in [2.05, 4.69) is 41.6 Å². The number of nitrogens with two attached hydrogens (primary N) is 1. The van der Waals surface area contributed by atoms with Gasteiger partial charge in [0, 0.05) is 55.9 Å². The van der Waals surface area contributed by atoms with Crippen molar-refractivity contribution >= 4 is 38.7 Å². The van der Waals surface area contributed by atoms with E-state index < -0.39 is 0 Å². The van der Waals surface area contributed by atoms with Gasteiger partial charge in [-0.1, -0.05) is 0 Å². The molecule has 2 fully saturated rings. The van der Waals surface area contributed by atoms with Gasteiger partial charge in [0.05, 0.1) is 5.39 Å². The molecule has 8 heteroatoms. The monoisotopic (exact) mass is 392 g/mol. The molecule has 2 aromatic heterocycles. The number of fused-ring (bicyclic) bond motifs is 1. The van der Waals surface area contributed by atoms with E-state index in [0.717, 1.165) is 54.5 Å². The molecule has 2 N–H and O–H groups in total. The Labute approximate surface area is 148 Å². The fourth-order valence-corrected chi connectivity index (χ4v) is 4.43. The zero-order chi connectivity index (χ0) is 16.8. The number of carbonyl (C=O) groups excluding carboxylic acids is 1. The smallest absolute Gasteiger partial charge is 0.219 e. The number of amides is 1. The number of nitrogen functional groups attached to an aromatic ring is 1. The molecule has 1 aliphatic heterocycles. The highest BCUT2D eigenvalue weighted by Gasteiger charge is 2.37. The molecular weight excluding hydrogens is 372 g/mol. The summed E-state index contributed by atoms with van der Waals surface area (Å²) in [7, 11) is 0. The van der Waals surface area contributed by atoms with Crippen LogP contribution in [0.25, 0.3) is 11.0 Å². The average molecular weight is 393 g/mol. The molecule has 1 amide bonds. The van der Waals surface area contributed by atoms with Crippen molar-refractivity contribution in [3.63, 3.8) is 0 Å². The Kier molecular flexibility index (Phi) is 3.96. The van der Waals surface area contributed by atoms with Crippen LogP contribution in [-0.4, -0.2) is 62.5 Å². The fraction of sp³-hybridized carbons (Fsp3) is 0.562. The Hall–Kier alpha value is -1.67. The molecule has 0 unspecified atom stereocenters. The average Bonchev–Trinajstić information content (AvgIpc) is 2.85. The lowest BCUT2D eigenvalue weighted by atomic mass is 9.85. The number of carbonyl (C=O) groups is 1. The summed E-state index contributed by atoms with van der Waals surface area (Å²) in [4.78, 5) is 24.4. The van der Waals surface area contributed by atoms with Gasteiger partial charge >= 0.3 is 0 Å². The second-order valence-electron chi connectivity index (χ2n) is 6.66. The molecule has 1 saturated carbocycles. The minimum Gasteiger partial charge on any atom is -0.383 e. The Morgan fingerprint density at radius 3 is 2.58 bits per heavy atom. The van der Waals surface area contributed by atoms with Crippen LogP contribution in [-0.2, 0) is 4.79 Å². The van der Waals surface area contributed by atoms with Crippen LogP contribution >= 0.6 is 15.9 Å². The molecule has 1 saturated heterocycles. The number of aromatic nitrogens is 3. The van der Waals surface area contributed by atoms with E-state index in [0.29, 0.717) is 17.9 Å². The molecule has 1 aliphatic carbocycles. The maximum Gasteiger partial charge on any atom is 0.219 e. The minimum atomic E-state index is 0.182. The third-order valence-electron chi connectivity index (χ3n) is 5.35. The first-order valence-electron chi connectivity index (χ1n) is 8.30. The number of hydrogen-bond acceptors (Lipinski definition) is 5. The number of piperazine rings is 1. The van der Waals surface area contributed by atoms with Crippen molar-refractivity contribution in [3.05, 3.63) is 17.0 Å². The predicted octanol–water partition coefficient (Wildman–Crippen LogP) is 1.64. The van der Waals surface area contributed by atoms with Gasteiger partial charge in [0.15, 0.2) is 0 Å². The normalized spacial score (nSPS) is 25.0. The van der Waals surface area contributed by atoms with Crippen molar-refractivity contribution in [1.82, 2.24) is 24.3 Å². The third kappa shape index (κ3) is 2.57. The SMILES string of the molecule is CC(=O)N1CCN(C2CC(n3cc(Br)c4c(N)ncnc43)C2)CC1. The standard InChI is InChI=1S/C16H21BrN6O/c1-10(24)21-2-4-22(5-3-21)11-6-12(7-11)23-8-13(17)14-15(18)19-9-20-16(14)23/h8-9,11-12H,2-7H2,1H3,(H2,18,19,20). The van der Waals surface area contributed by atoms with Crippen LogP contribution in [0, 0.1) is 0 Å². The Bertz CT molecular complexity index is 776. The van der Waals surface area contributed by atoms with Gasteiger partial charge in [-0.25, -0.2) is 9.97 Å². The molecule has 128 valence electrons. The number of hydrogen-bond donors (Lipinski definition) is 1. The highest BCUT2D eigenvalue weighted by molar-refractivity contribution is 9.10. The van der Waals surface area contributed by atoms with Crippen LogP contribution in [0.5, 0.6) is 0 Å². The van der Waals surface area contributed by atoms with E-state index >= 15 is 0 Å². The molecule has 7 nitrogen and oxygen atoms in total. The van der Waals surface area contributed by atoms with Gasteiger partial charge in [0.2, 0.25) is 5.91 Å². The lowest BCUT2D eigenvalue weighted by molar-refractivity contribution is -0.131. The maximum atomic E-state index is 11.4. The first kappa shape index (κ1) is 15.8. The van der Waals surface area contributed by atoms with Gasteiger partial charge in [0.1, 0.15) is 17.8 Å². The summed E-state index contributed by atoms with van der Waals surface area (Å²) in [6, 6.07) is 1.04. The van der Waals surface area contributed by atoms with Gasteiger partial charge in [-0.2, -0.15) is 0 Å². The molecule has 0 bridgehead atoms. The Morgan fingerprint density at radius 2 is 1.92 bits per heavy atom. The maximum absolute atomic E-state index is 11.4. The summed E-state index contributed by atoms with van der Waals surface area (Å²) in [6.07, 6.45) is 5.82. The number of rotatable bonds is 2. The molecule has 4 rings (SSSR count). The number of halogens is 1. The van der Waals surface area contributed by atoms with Crippen molar-refractivity contribution < 1.29 is 4.79 Å². The Balaban J connectivity index is 1.43. The van der Waals surface area contributed by atoms with Gasteiger partial charge in [-0.05, 0) is 28.8 Å².